The van der Waals surface area contributed by atoms with E-state index in [1.165, 1.54) is 17.3 Å². The number of para-hydroxylation sites is 1. The molecule has 3 aromatic rings. The Morgan fingerprint density at radius 2 is 1.68 bits per heavy atom. The first kappa shape index (κ1) is 20.9. The summed E-state index contributed by atoms with van der Waals surface area (Å²) >= 11 is 1.44. The van der Waals surface area contributed by atoms with Crippen LogP contribution in [0.5, 0.6) is 0 Å². The molecule has 1 aliphatic rings. The average molecular weight is 429 g/mol. The summed E-state index contributed by atoms with van der Waals surface area (Å²) in [5, 5.41) is 3.01. The van der Waals surface area contributed by atoms with Gasteiger partial charge in [0.15, 0.2) is 0 Å². The highest BCUT2D eigenvalue weighted by Gasteiger charge is 2.30. The van der Waals surface area contributed by atoms with Crippen LogP contribution < -0.4 is 10.2 Å². The normalized spacial score (nSPS) is 15.5. The fraction of sp³-hybridized carbons (Fsp3) is 0.154. The van der Waals surface area contributed by atoms with E-state index in [0.29, 0.717) is 4.91 Å². The highest BCUT2D eigenvalue weighted by Crippen LogP contribution is 2.41. The van der Waals surface area contributed by atoms with Crippen LogP contribution in [0.1, 0.15) is 29.7 Å². The molecule has 0 spiro atoms. The van der Waals surface area contributed by atoms with Crippen LogP contribution in [0, 0.1) is 6.92 Å². The van der Waals surface area contributed by atoms with Crippen LogP contribution in [-0.4, -0.2) is 18.4 Å². The van der Waals surface area contributed by atoms with E-state index in [0.717, 1.165) is 21.7 Å². The van der Waals surface area contributed by atoms with Gasteiger partial charge < -0.3 is 5.32 Å². The zero-order valence-corrected chi connectivity index (χ0v) is 18.4. The van der Waals surface area contributed by atoms with Gasteiger partial charge in [0.05, 0.1) is 16.6 Å². The van der Waals surface area contributed by atoms with Gasteiger partial charge in [0.2, 0.25) is 5.91 Å². The van der Waals surface area contributed by atoms with Crippen LogP contribution in [0.4, 0.5) is 5.69 Å². The molecule has 1 atom stereocenters. The van der Waals surface area contributed by atoms with E-state index in [1.807, 2.05) is 98.8 Å². The molecule has 31 heavy (non-hydrogen) atoms. The number of benzene rings is 3. The van der Waals surface area contributed by atoms with E-state index in [2.05, 4.69) is 5.32 Å². The van der Waals surface area contributed by atoms with Crippen LogP contribution in [0.3, 0.4) is 0 Å². The van der Waals surface area contributed by atoms with Crippen molar-refractivity contribution in [1.29, 1.82) is 0 Å². The number of carbonyl (C=O) groups is 2. The number of rotatable bonds is 5. The number of anilines is 1. The van der Waals surface area contributed by atoms with Crippen molar-refractivity contribution in [2.75, 3.05) is 11.4 Å². The predicted molar refractivity (Wildman–Crippen MR) is 127 cm³/mol. The number of amides is 2. The van der Waals surface area contributed by atoms with Gasteiger partial charge in [-0.15, -0.1) is 0 Å². The minimum absolute atomic E-state index is 0.0290. The second kappa shape index (κ2) is 9.23. The SMILES string of the molecule is Cc1ccc(C=C2Sc3ccccc3N(CC(=O)NC(C)c3ccccc3)C2=O)cc1. The van der Waals surface area contributed by atoms with Crippen molar-refractivity contribution < 1.29 is 9.59 Å². The summed E-state index contributed by atoms with van der Waals surface area (Å²) < 4.78 is 0. The Labute approximate surface area is 187 Å². The second-order valence-corrected chi connectivity index (χ2v) is 8.66. The number of carbonyl (C=O) groups excluding carboxylic acids is 2. The molecule has 0 saturated carbocycles. The summed E-state index contributed by atoms with van der Waals surface area (Å²) in [4.78, 5) is 29.3. The van der Waals surface area contributed by atoms with E-state index in [-0.39, 0.29) is 24.4 Å². The molecule has 2 amide bonds. The molecule has 4 rings (SSSR count). The monoisotopic (exact) mass is 428 g/mol. The summed E-state index contributed by atoms with van der Waals surface area (Å²) in [7, 11) is 0. The number of hydrogen-bond donors (Lipinski definition) is 1. The summed E-state index contributed by atoms with van der Waals surface area (Å²) in [6, 6.07) is 25.4. The molecule has 4 nitrogen and oxygen atoms in total. The molecule has 1 heterocycles. The predicted octanol–water partition coefficient (Wildman–Crippen LogP) is 5.35. The second-order valence-electron chi connectivity index (χ2n) is 7.58. The average Bonchev–Trinajstić information content (AvgIpc) is 2.78. The molecular formula is C26H24N2O2S. The molecule has 5 heteroatoms. The third kappa shape index (κ3) is 4.89. The van der Waals surface area contributed by atoms with Crippen molar-refractivity contribution >= 4 is 35.3 Å². The smallest absolute Gasteiger partial charge is 0.265 e. The van der Waals surface area contributed by atoms with Gasteiger partial charge in [0, 0.05) is 4.90 Å². The Morgan fingerprint density at radius 1 is 1.00 bits per heavy atom. The first-order valence-corrected chi connectivity index (χ1v) is 11.0. The molecule has 0 aromatic heterocycles. The van der Waals surface area contributed by atoms with Crippen LogP contribution in [-0.2, 0) is 9.59 Å². The third-order valence-corrected chi connectivity index (χ3v) is 6.26. The summed E-state index contributed by atoms with van der Waals surface area (Å²) in [5.74, 6) is -0.354. The van der Waals surface area contributed by atoms with Crippen molar-refractivity contribution in [3.8, 4) is 0 Å². The highest BCUT2D eigenvalue weighted by molar-refractivity contribution is 8.04. The van der Waals surface area contributed by atoms with E-state index < -0.39 is 0 Å². The standard InChI is InChI=1S/C26H24N2O2S/c1-18-12-14-20(15-13-18)16-24-26(30)28(22-10-6-7-11-23(22)31-24)17-25(29)27-19(2)21-8-4-3-5-9-21/h3-16,19H,17H2,1-2H3,(H,27,29). The fourth-order valence-electron chi connectivity index (χ4n) is 3.49. The summed E-state index contributed by atoms with van der Waals surface area (Å²) in [6.45, 7) is 3.95. The molecule has 0 aliphatic carbocycles. The van der Waals surface area contributed by atoms with Gasteiger partial charge in [-0.05, 0) is 43.2 Å². The van der Waals surface area contributed by atoms with Crippen molar-refractivity contribution in [3.05, 3.63) is 100 Å². The minimum Gasteiger partial charge on any atom is -0.348 e. The van der Waals surface area contributed by atoms with Crippen LogP contribution in [0.2, 0.25) is 0 Å². The third-order valence-electron chi connectivity index (χ3n) is 5.19. The fourth-order valence-corrected chi connectivity index (χ4v) is 4.55. The Bertz CT molecular complexity index is 1120. The molecule has 1 N–H and O–H groups in total. The van der Waals surface area contributed by atoms with Crippen molar-refractivity contribution in [2.24, 2.45) is 0 Å². The number of thioether (sulfide) groups is 1. The lowest BCUT2D eigenvalue weighted by atomic mass is 10.1. The Morgan fingerprint density at radius 3 is 2.42 bits per heavy atom. The van der Waals surface area contributed by atoms with E-state index in [9.17, 15) is 9.59 Å². The lowest BCUT2D eigenvalue weighted by Crippen LogP contribution is -2.43. The van der Waals surface area contributed by atoms with Crippen LogP contribution >= 0.6 is 11.8 Å². The molecule has 156 valence electrons. The van der Waals surface area contributed by atoms with Gasteiger partial charge in [0.1, 0.15) is 6.54 Å². The number of nitrogens with zero attached hydrogens (tertiary/aromatic N) is 1. The minimum atomic E-state index is -0.193. The van der Waals surface area contributed by atoms with Gasteiger partial charge in [0.25, 0.3) is 5.91 Å². The molecular weight excluding hydrogens is 404 g/mol. The number of fused-ring (bicyclic) bond motifs is 1. The Balaban J connectivity index is 1.57. The van der Waals surface area contributed by atoms with Crippen molar-refractivity contribution in [2.45, 2.75) is 24.8 Å². The van der Waals surface area contributed by atoms with Gasteiger partial charge in [-0.3, -0.25) is 14.5 Å². The lowest BCUT2D eigenvalue weighted by Gasteiger charge is -2.30. The maximum Gasteiger partial charge on any atom is 0.265 e. The Hall–Kier alpha value is -3.31. The first-order valence-electron chi connectivity index (χ1n) is 10.2. The number of aryl methyl sites for hydroxylation is 1. The van der Waals surface area contributed by atoms with E-state index in [4.69, 9.17) is 0 Å². The highest BCUT2D eigenvalue weighted by atomic mass is 32.2. The molecule has 1 unspecified atom stereocenters. The largest absolute Gasteiger partial charge is 0.348 e. The quantitative estimate of drug-likeness (QED) is 0.557. The summed E-state index contributed by atoms with van der Waals surface area (Å²) in [5.41, 5.74) is 3.92. The van der Waals surface area contributed by atoms with Crippen LogP contribution in [0.15, 0.2) is 88.7 Å². The zero-order chi connectivity index (χ0) is 21.8. The van der Waals surface area contributed by atoms with Crippen molar-refractivity contribution in [1.82, 2.24) is 5.32 Å². The molecule has 0 saturated heterocycles. The topological polar surface area (TPSA) is 49.4 Å². The number of hydrogen-bond acceptors (Lipinski definition) is 3. The molecule has 0 bridgehead atoms. The molecule has 0 radical (unpaired) electrons. The lowest BCUT2D eigenvalue weighted by molar-refractivity contribution is -0.122. The van der Waals surface area contributed by atoms with Gasteiger partial charge in [-0.1, -0.05) is 84.1 Å². The Kier molecular flexibility index (Phi) is 6.23. The maximum atomic E-state index is 13.3. The van der Waals surface area contributed by atoms with Crippen molar-refractivity contribution in [3.63, 3.8) is 0 Å². The van der Waals surface area contributed by atoms with E-state index in [1.54, 1.807) is 4.90 Å². The van der Waals surface area contributed by atoms with Gasteiger partial charge >= 0.3 is 0 Å². The van der Waals surface area contributed by atoms with Crippen LogP contribution in [0.25, 0.3) is 6.08 Å². The first-order chi connectivity index (χ1) is 15.0. The molecule has 3 aromatic carbocycles. The van der Waals surface area contributed by atoms with Gasteiger partial charge in [-0.2, -0.15) is 0 Å². The molecule has 0 fully saturated rings. The summed E-state index contributed by atoms with van der Waals surface area (Å²) in [6.07, 6.45) is 1.89. The molecule has 1 aliphatic heterocycles. The number of nitrogens with one attached hydrogen (secondary N) is 1. The van der Waals surface area contributed by atoms with Gasteiger partial charge in [-0.25, -0.2) is 0 Å². The van der Waals surface area contributed by atoms with E-state index >= 15 is 0 Å². The zero-order valence-electron chi connectivity index (χ0n) is 17.5. The maximum absolute atomic E-state index is 13.3.